The summed E-state index contributed by atoms with van der Waals surface area (Å²) in [7, 11) is 0. The monoisotopic (exact) mass is 196 g/mol. The van der Waals surface area contributed by atoms with E-state index in [9.17, 15) is 0 Å². The molecule has 0 aliphatic carbocycles. The highest BCUT2D eigenvalue weighted by Gasteiger charge is 2.15. The average Bonchev–Trinajstić information content (AvgIpc) is 2.71. The Hall–Kier alpha value is -0.540. The summed E-state index contributed by atoms with van der Waals surface area (Å²) in [6.07, 6.45) is 0. The van der Waals surface area contributed by atoms with Crippen molar-refractivity contribution < 1.29 is 0 Å². The number of hydrogen-bond acceptors (Lipinski definition) is 3. The van der Waals surface area contributed by atoms with Gasteiger partial charge in [-0.2, -0.15) is 11.3 Å². The van der Waals surface area contributed by atoms with Crippen LogP contribution in [0.25, 0.3) is 0 Å². The van der Waals surface area contributed by atoms with Crippen molar-refractivity contribution in [3.8, 4) is 0 Å². The summed E-state index contributed by atoms with van der Waals surface area (Å²) in [5.41, 5.74) is 1.40. The van der Waals surface area contributed by atoms with Gasteiger partial charge in [0.15, 0.2) is 0 Å². The maximum absolute atomic E-state index is 2.50. The third-order valence-corrected chi connectivity index (χ3v) is 3.36. The largest absolute Gasteiger partial charge is 0.368 e. The van der Waals surface area contributed by atoms with Crippen LogP contribution in [0.4, 0.5) is 5.69 Å². The molecule has 0 spiro atoms. The summed E-state index contributed by atoms with van der Waals surface area (Å²) in [5.74, 6) is 0. The first-order valence-corrected chi connectivity index (χ1v) is 5.84. The maximum atomic E-state index is 2.50. The molecule has 2 heterocycles. The van der Waals surface area contributed by atoms with Gasteiger partial charge in [-0.05, 0) is 18.0 Å². The number of nitrogens with zero attached hydrogens (tertiary/aromatic N) is 2. The molecule has 1 saturated heterocycles. The zero-order valence-electron chi connectivity index (χ0n) is 8.07. The van der Waals surface area contributed by atoms with Gasteiger partial charge in [-0.1, -0.05) is 6.92 Å². The quantitative estimate of drug-likeness (QED) is 0.712. The lowest BCUT2D eigenvalue weighted by atomic mass is 10.3. The molecule has 3 heteroatoms. The Morgan fingerprint density at radius 1 is 1.31 bits per heavy atom. The van der Waals surface area contributed by atoms with Crippen molar-refractivity contribution in [1.29, 1.82) is 0 Å². The first-order valence-electron chi connectivity index (χ1n) is 4.89. The minimum atomic E-state index is 1.19. The van der Waals surface area contributed by atoms with Crippen LogP contribution in [-0.2, 0) is 0 Å². The van der Waals surface area contributed by atoms with E-state index in [1.54, 1.807) is 11.3 Å². The van der Waals surface area contributed by atoms with Crippen molar-refractivity contribution in [2.45, 2.75) is 6.92 Å². The number of likely N-dealkylation sites (N-methyl/N-ethyl adjacent to an activating group) is 1. The molecule has 0 unspecified atom stereocenters. The standard InChI is InChI=1S/C10H16N2S/c1-2-11-4-6-12(7-5-11)10-3-8-13-9-10/h3,8-9H,2,4-7H2,1H3. The van der Waals surface area contributed by atoms with Crippen LogP contribution in [0.3, 0.4) is 0 Å². The number of rotatable bonds is 2. The van der Waals surface area contributed by atoms with E-state index >= 15 is 0 Å². The van der Waals surface area contributed by atoms with Gasteiger partial charge in [0.25, 0.3) is 0 Å². The molecule has 1 aliphatic rings. The summed E-state index contributed by atoms with van der Waals surface area (Å²) < 4.78 is 0. The Balaban J connectivity index is 1.92. The van der Waals surface area contributed by atoms with Crippen LogP contribution in [0.2, 0.25) is 0 Å². The second-order valence-corrected chi connectivity index (χ2v) is 4.18. The van der Waals surface area contributed by atoms with Crippen molar-refractivity contribution in [2.24, 2.45) is 0 Å². The first kappa shape index (κ1) is 9.03. The molecule has 13 heavy (non-hydrogen) atoms. The first-order chi connectivity index (χ1) is 6.40. The Bertz CT molecular complexity index is 237. The van der Waals surface area contributed by atoms with Crippen LogP contribution < -0.4 is 4.90 Å². The number of hydrogen-bond donors (Lipinski definition) is 0. The van der Waals surface area contributed by atoms with Gasteiger partial charge >= 0.3 is 0 Å². The predicted octanol–water partition coefficient (Wildman–Crippen LogP) is 1.89. The van der Waals surface area contributed by atoms with E-state index < -0.39 is 0 Å². The molecule has 1 aromatic rings. The molecule has 0 N–H and O–H groups in total. The van der Waals surface area contributed by atoms with Gasteiger partial charge in [0.2, 0.25) is 0 Å². The summed E-state index contributed by atoms with van der Waals surface area (Å²) in [6.45, 7) is 8.23. The molecule has 0 atom stereocenters. The molecule has 1 aliphatic heterocycles. The highest BCUT2D eigenvalue weighted by atomic mass is 32.1. The van der Waals surface area contributed by atoms with E-state index in [-0.39, 0.29) is 0 Å². The zero-order chi connectivity index (χ0) is 9.10. The molecule has 1 fully saturated rings. The van der Waals surface area contributed by atoms with Crippen LogP contribution >= 0.6 is 11.3 Å². The van der Waals surface area contributed by atoms with Crippen molar-refractivity contribution >= 4 is 17.0 Å². The smallest absolute Gasteiger partial charge is 0.0475 e. The van der Waals surface area contributed by atoms with E-state index in [2.05, 4.69) is 33.6 Å². The van der Waals surface area contributed by atoms with Crippen molar-refractivity contribution in [3.05, 3.63) is 16.8 Å². The van der Waals surface area contributed by atoms with Crippen LogP contribution in [-0.4, -0.2) is 37.6 Å². The van der Waals surface area contributed by atoms with Crippen molar-refractivity contribution in [2.75, 3.05) is 37.6 Å². The minimum absolute atomic E-state index is 1.19. The molecule has 2 rings (SSSR count). The Morgan fingerprint density at radius 2 is 2.08 bits per heavy atom. The molecule has 72 valence electrons. The lowest BCUT2D eigenvalue weighted by Gasteiger charge is -2.34. The lowest BCUT2D eigenvalue weighted by molar-refractivity contribution is 0.271. The van der Waals surface area contributed by atoms with Gasteiger partial charge in [-0.15, -0.1) is 0 Å². The van der Waals surface area contributed by atoms with E-state index in [1.165, 1.54) is 38.4 Å². The molecule has 1 aromatic heterocycles. The van der Waals surface area contributed by atoms with Gasteiger partial charge in [0.05, 0.1) is 0 Å². The summed E-state index contributed by atoms with van der Waals surface area (Å²) >= 11 is 1.78. The highest BCUT2D eigenvalue weighted by molar-refractivity contribution is 7.08. The van der Waals surface area contributed by atoms with Crippen molar-refractivity contribution in [3.63, 3.8) is 0 Å². The average molecular weight is 196 g/mol. The highest BCUT2D eigenvalue weighted by Crippen LogP contribution is 2.19. The molecule has 0 aromatic carbocycles. The van der Waals surface area contributed by atoms with Gasteiger partial charge < -0.3 is 9.80 Å². The van der Waals surface area contributed by atoms with Crippen molar-refractivity contribution in [1.82, 2.24) is 4.90 Å². The predicted molar refractivity (Wildman–Crippen MR) is 58.6 cm³/mol. The summed E-state index contributed by atoms with van der Waals surface area (Å²) in [5, 5.41) is 4.39. The summed E-state index contributed by atoms with van der Waals surface area (Å²) in [6, 6.07) is 2.21. The molecular formula is C10H16N2S. The van der Waals surface area contributed by atoms with Crippen LogP contribution in [0.1, 0.15) is 6.92 Å². The van der Waals surface area contributed by atoms with E-state index in [1.807, 2.05) is 0 Å². The third-order valence-electron chi connectivity index (χ3n) is 2.69. The second-order valence-electron chi connectivity index (χ2n) is 3.40. The summed E-state index contributed by atoms with van der Waals surface area (Å²) in [4.78, 5) is 4.98. The van der Waals surface area contributed by atoms with E-state index in [0.717, 1.165) is 0 Å². The number of thiophene rings is 1. The lowest BCUT2D eigenvalue weighted by Crippen LogP contribution is -2.46. The van der Waals surface area contributed by atoms with Crippen LogP contribution in [0.15, 0.2) is 16.8 Å². The Labute approximate surface area is 83.8 Å². The van der Waals surface area contributed by atoms with E-state index in [0.29, 0.717) is 0 Å². The number of anilines is 1. The molecule has 0 amide bonds. The fraction of sp³-hybridized carbons (Fsp3) is 0.600. The Morgan fingerprint density at radius 3 is 2.62 bits per heavy atom. The van der Waals surface area contributed by atoms with E-state index in [4.69, 9.17) is 0 Å². The molecule has 0 radical (unpaired) electrons. The third kappa shape index (κ3) is 2.03. The zero-order valence-corrected chi connectivity index (χ0v) is 8.89. The molecule has 0 saturated carbocycles. The molecule has 2 nitrogen and oxygen atoms in total. The number of piperazine rings is 1. The van der Waals surface area contributed by atoms with Gasteiger partial charge in [-0.25, -0.2) is 0 Å². The maximum Gasteiger partial charge on any atom is 0.0475 e. The second kappa shape index (κ2) is 4.11. The van der Waals surface area contributed by atoms with Crippen LogP contribution in [0.5, 0.6) is 0 Å². The Kier molecular flexibility index (Phi) is 2.86. The minimum Gasteiger partial charge on any atom is -0.368 e. The topological polar surface area (TPSA) is 6.48 Å². The SMILES string of the molecule is CCN1CCN(c2ccsc2)CC1. The fourth-order valence-corrected chi connectivity index (χ4v) is 2.42. The van der Waals surface area contributed by atoms with Gasteiger partial charge in [-0.3, -0.25) is 0 Å². The molecule has 0 bridgehead atoms. The van der Waals surface area contributed by atoms with Gasteiger partial charge in [0, 0.05) is 37.2 Å². The molecular weight excluding hydrogens is 180 g/mol. The van der Waals surface area contributed by atoms with Crippen LogP contribution in [0, 0.1) is 0 Å². The fourth-order valence-electron chi connectivity index (χ4n) is 1.76. The normalized spacial score (nSPS) is 19.3. The van der Waals surface area contributed by atoms with Gasteiger partial charge in [0.1, 0.15) is 0 Å².